The molecule has 13 heavy (non-hydrogen) atoms. The highest BCUT2D eigenvalue weighted by molar-refractivity contribution is 8.31. The molecule has 74 valence electrons. The number of hydrogen-bond acceptors (Lipinski definition) is 2. The second kappa shape index (κ2) is 5.42. The average molecular weight is 245 g/mol. The molecule has 0 aliphatic carbocycles. The summed E-state index contributed by atoms with van der Waals surface area (Å²) in [6.07, 6.45) is 0. The molecule has 1 aromatic carbocycles. The quantitative estimate of drug-likeness (QED) is 0.658. The summed E-state index contributed by atoms with van der Waals surface area (Å²) in [4.78, 5) is 0. The summed E-state index contributed by atoms with van der Waals surface area (Å²) >= 11 is 0. The molecule has 0 fully saturated rings. The topological polar surface area (TPSA) is 34.1 Å². The Bertz CT molecular complexity index is 339. The lowest BCUT2D eigenvalue weighted by Crippen LogP contribution is -1.72. The van der Waals surface area contributed by atoms with Gasteiger partial charge in [-0.2, -0.15) is 8.42 Å². The van der Waals surface area contributed by atoms with Gasteiger partial charge >= 0.3 is 8.26 Å². The van der Waals surface area contributed by atoms with E-state index in [2.05, 4.69) is 21.4 Å². The molecule has 0 aliphatic heterocycles. The fraction of sp³-hybridized carbons (Fsp3) is 0.143. The molecular formula is C7H7Cl2FO2S. The Kier molecular flexibility index (Phi) is 5.29. The van der Waals surface area contributed by atoms with Crippen molar-refractivity contribution < 1.29 is 12.8 Å². The second-order valence-corrected chi connectivity index (χ2v) is 5.85. The molecule has 0 aliphatic rings. The van der Waals surface area contributed by atoms with Crippen LogP contribution >= 0.6 is 21.4 Å². The monoisotopic (exact) mass is 244 g/mol. The van der Waals surface area contributed by atoms with Crippen LogP contribution < -0.4 is 0 Å². The molecule has 1 aromatic rings. The number of rotatable bonds is 0. The summed E-state index contributed by atoms with van der Waals surface area (Å²) in [6, 6.07) is 6.50. The van der Waals surface area contributed by atoms with Crippen LogP contribution in [0.25, 0.3) is 0 Å². The minimum absolute atomic E-state index is 0.162. The second-order valence-electron chi connectivity index (χ2n) is 2.18. The molecule has 2 nitrogen and oxygen atoms in total. The predicted molar refractivity (Wildman–Crippen MR) is 51.8 cm³/mol. The number of hydrogen-bond donors (Lipinski definition) is 0. The van der Waals surface area contributed by atoms with Crippen LogP contribution in [0.4, 0.5) is 4.39 Å². The fourth-order valence-electron chi connectivity index (χ4n) is 0.606. The van der Waals surface area contributed by atoms with E-state index in [4.69, 9.17) is 8.42 Å². The summed E-state index contributed by atoms with van der Waals surface area (Å²) in [6.45, 7) is 1.86. The van der Waals surface area contributed by atoms with Crippen LogP contribution in [0, 0.1) is 12.7 Å². The minimum Gasteiger partial charge on any atom is -0.207 e. The van der Waals surface area contributed by atoms with Crippen LogP contribution in [0.1, 0.15) is 5.56 Å². The van der Waals surface area contributed by atoms with Crippen LogP contribution in [-0.2, 0) is 8.26 Å². The van der Waals surface area contributed by atoms with Gasteiger partial charge in [0.15, 0.2) is 0 Å². The van der Waals surface area contributed by atoms with Gasteiger partial charge in [0.25, 0.3) is 0 Å². The first-order valence-corrected chi connectivity index (χ1v) is 6.29. The van der Waals surface area contributed by atoms with E-state index in [9.17, 15) is 4.39 Å². The summed E-state index contributed by atoms with van der Waals surface area (Å²) in [5.41, 5.74) is 0.963. The van der Waals surface area contributed by atoms with Gasteiger partial charge in [0.2, 0.25) is 0 Å². The van der Waals surface area contributed by atoms with E-state index in [1.54, 1.807) is 6.07 Å². The van der Waals surface area contributed by atoms with Crippen molar-refractivity contribution in [3.63, 3.8) is 0 Å². The van der Waals surface area contributed by atoms with Gasteiger partial charge < -0.3 is 0 Å². The third kappa shape index (κ3) is 11.7. The van der Waals surface area contributed by atoms with Crippen molar-refractivity contribution in [3.05, 3.63) is 35.6 Å². The normalized spacial score (nSPS) is 10.2. The van der Waals surface area contributed by atoms with Crippen molar-refractivity contribution in [3.8, 4) is 0 Å². The maximum absolute atomic E-state index is 12.2. The molecule has 0 saturated heterocycles. The van der Waals surface area contributed by atoms with E-state index in [0.717, 1.165) is 5.56 Å². The van der Waals surface area contributed by atoms with Gasteiger partial charge in [-0.05, 0) is 24.6 Å². The van der Waals surface area contributed by atoms with Crippen molar-refractivity contribution >= 4 is 29.6 Å². The molecule has 0 N–H and O–H groups in total. The van der Waals surface area contributed by atoms with Crippen LogP contribution in [0.3, 0.4) is 0 Å². The van der Waals surface area contributed by atoms with Crippen LogP contribution in [-0.4, -0.2) is 8.42 Å². The maximum Gasteiger partial charge on any atom is 0.317 e. The van der Waals surface area contributed by atoms with Crippen LogP contribution in [0.2, 0.25) is 0 Å². The Morgan fingerprint density at radius 1 is 1.31 bits per heavy atom. The molecule has 6 heteroatoms. The van der Waals surface area contributed by atoms with E-state index in [0.29, 0.717) is 0 Å². The van der Waals surface area contributed by atoms with Gasteiger partial charge in [0.1, 0.15) is 5.82 Å². The first-order chi connectivity index (χ1) is 5.79. The number of benzene rings is 1. The third-order valence-corrected chi connectivity index (χ3v) is 0.980. The van der Waals surface area contributed by atoms with E-state index in [1.165, 1.54) is 12.1 Å². The maximum atomic E-state index is 12.2. The Balaban J connectivity index is 0.000000252. The molecule has 0 saturated carbocycles. The zero-order valence-corrected chi connectivity index (χ0v) is 9.00. The van der Waals surface area contributed by atoms with Crippen molar-refractivity contribution in [1.82, 2.24) is 0 Å². The van der Waals surface area contributed by atoms with Crippen molar-refractivity contribution in [2.75, 3.05) is 0 Å². The molecular weight excluding hydrogens is 238 g/mol. The molecule has 0 amide bonds. The number of halogens is 3. The smallest absolute Gasteiger partial charge is 0.207 e. The van der Waals surface area contributed by atoms with Gasteiger partial charge in [-0.3, -0.25) is 0 Å². The third-order valence-electron chi connectivity index (χ3n) is 0.980. The van der Waals surface area contributed by atoms with Gasteiger partial charge in [0.05, 0.1) is 0 Å². The summed E-state index contributed by atoms with van der Waals surface area (Å²) in [7, 11) is 4.81. The summed E-state index contributed by atoms with van der Waals surface area (Å²) in [5.74, 6) is -0.162. The van der Waals surface area contributed by atoms with Crippen molar-refractivity contribution in [2.24, 2.45) is 0 Å². The molecule has 0 heterocycles. The Morgan fingerprint density at radius 2 is 1.77 bits per heavy atom. The van der Waals surface area contributed by atoms with Gasteiger partial charge in [-0.25, -0.2) is 4.39 Å². The minimum atomic E-state index is -3.72. The van der Waals surface area contributed by atoms with Gasteiger partial charge in [-0.15, -0.1) is 0 Å². The van der Waals surface area contributed by atoms with Crippen LogP contribution in [0.15, 0.2) is 24.3 Å². The van der Waals surface area contributed by atoms with E-state index in [-0.39, 0.29) is 5.82 Å². The molecule has 0 spiro atoms. The van der Waals surface area contributed by atoms with Crippen molar-refractivity contribution in [1.29, 1.82) is 0 Å². The highest BCUT2D eigenvalue weighted by Gasteiger charge is 1.88. The summed E-state index contributed by atoms with van der Waals surface area (Å²) < 4.78 is 30.5. The molecule has 0 aromatic heterocycles. The molecule has 1 rings (SSSR count). The first-order valence-electron chi connectivity index (χ1n) is 3.15. The Hall–Kier alpha value is -0.320. The zero-order valence-electron chi connectivity index (χ0n) is 6.67. The van der Waals surface area contributed by atoms with Crippen LogP contribution in [0.5, 0.6) is 0 Å². The Morgan fingerprint density at radius 3 is 2.00 bits per heavy atom. The molecule has 0 unspecified atom stereocenters. The molecule has 0 radical (unpaired) electrons. The predicted octanol–water partition coefficient (Wildman–Crippen LogP) is 2.84. The van der Waals surface area contributed by atoms with E-state index >= 15 is 0 Å². The fourth-order valence-corrected chi connectivity index (χ4v) is 0.606. The summed E-state index contributed by atoms with van der Waals surface area (Å²) in [5, 5.41) is 0. The van der Waals surface area contributed by atoms with Crippen molar-refractivity contribution in [2.45, 2.75) is 6.92 Å². The van der Waals surface area contributed by atoms with Gasteiger partial charge in [-0.1, -0.05) is 12.1 Å². The van der Waals surface area contributed by atoms with Gasteiger partial charge in [0, 0.05) is 21.4 Å². The Labute approximate surface area is 85.2 Å². The molecule has 0 bridgehead atoms. The average Bonchev–Trinajstić information content (AvgIpc) is 1.81. The SMILES string of the molecule is Cc1cccc(F)c1.O=S(=O)(Cl)Cl. The first kappa shape index (κ1) is 12.7. The standard InChI is InChI=1S/C7H7F.Cl2O2S/c1-6-3-2-4-7(8)5-6;1-5(2,3)4/h2-5H,1H3;. The van der Waals surface area contributed by atoms with E-state index < -0.39 is 8.26 Å². The highest BCUT2D eigenvalue weighted by Crippen LogP contribution is 1.99. The lowest BCUT2D eigenvalue weighted by molar-refractivity contribution is 0.621. The lowest BCUT2D eigenvalue weighted by Gasteiger charge is -1.87. The molecule has 0 atom stereocenters. The highest BCUT2D eigenvalue weighted by atomic mass is 36.0. The lowest BCUT2D eigenvalue weighted by atomic mass is 10.2. The zero-order chi connectivity index (χ0) is 10.5. The number of aryl methyl sites for hydroxylation is 1. The largest absolute Gasteiger partial charge is 0.317 e. The van der Waals surface area contributed by atoms with E-state index in [1.807, 2.05) is 13.0 Å².